The molecule has 1 amide bonds. The number of fused-ring (bicyclic) bond motifs is 1. The molecule has 4 rings (SSSR count). The molecule has 0 atom stereocenters. The van der Waals surface area contributed by atoms with Crippen molar-refractivity contribution in [3.05, 3.63) is 57.3 Å². The molecule has 4 heteroatoms. The SMILES string of the molecule is O=C(c1ccc2c(c1)CNC2)N(Cc1cccs1)C1CC1. The second-order valence-electron chi connectivity index (χ2n) is 5.83. The third-order valence-corrected chi connectivity index (χ3v) is 5.10. The first-order valence-corrected chi connectivity index (χ1v) is 8.35. The maximum Gasteiger partial charge on any atom is 0.254 e. The number of rotatable bonds is 4. The zero-order chi connectivity index (χ0) is 14.2. The number of thiophene rings is 1. The first-order chi connectivity index (χ1) is 10.3. The van der Waals surface area contributed by atoms with Gasteiger partial charge in [0.1, 0.15) is 0 Å². The molecular weight excluding hydrogens is 280 g/mol. The van der Waals surface area contributed by atoms with Gasteiger partial charge in [0.05, 0.1) is 6.54 Å². The van der Waals surface area contributed by atoms with E-state index < -0.39 is 0 Å². The molecule has 3 nitrogen and oxygen atoms in total. The van der Waals surface area contributed by atoms with Gasteiger partial charge < -0.3 is 10.2 Å². The van der Waals surface area contributed by atoms with Crippen LogP contribution in [0.1, 0.15) is 39.2 Å². The molecule has 108 valence electrons. The average molecular weight is 298 g/mol. The van der Waals surface area contributed by atoms with Crippen molar-refractivity contribution in [2.24, 2.45) is 0 Å². The molecule has 2 aromatic rings. The number of nitrogens with zero attached hydrogens (tertiary/aromatic N) is 1. The Hall–Kier alpha value is -1.65. The first-order valence-electron chi connectivity index (χ1n) is 7.47. The number of nitrogens with one attached hydrogen (secondary N) is 1. The summed E-state index contributed by atoms with van der Waals surface area (Å²) in [7, 11) is 0. The van der Waals surface area contributed by atoms with Gasteiger partial charge in [0, 0.05) is 29.6 Å². The minimum absolute atomic E-state index is 0.181. The lowest BCUT2D eigenvalue weighted by molar-refractivity contribution is 0.0731. The largest absolute Gasteiger partial charge is 0.331 e. The monoisotopic (exact) mass is 298 g/mol. The zero-order valence-corrected chi connectivity index (χ0v) is 12.7. The van der Waals surface area contributed by atoms with Gasteiger partial charge in [-0.25, -0.2) is 0 Å². The van der Waals surface area contributed by atoms with Crippen LogP contribution in [0.25, 0.3) is 0 Å². The Bertz CT molecular complexity index is 661. The summed E-state index contributed by atoms with van der Waals surface area (Å²) in [6, 6.07) is 10.8. The molecule has 1 aromatic carbocycles. The van der Waals surface area contributed by atoms with E-state index in [1.165, 1.54) is 16.0 Å². The number of carbonyl (C=O) groups is 1. The van der Waals surface area contributed by atoms with Crippen LogP contribution in [0.4, 0.5) is 0 Å². The molecule has 21 heavy (non-hydrogen) atoms. The highest BCUT2D eigenvalue weighted by atomic mass is 32.1. The Labute approximate surface area is 128 Å². The summed E-state index contributed by atoms with van der Waals surface area (Å²) in [5, 5.41) is 5.41. The van der Waals surface area contributed by atoms with Crippen LogP contribution in [0, 0.1) is 0 Å². The Morgan fingerprint density at radius 2 is 2.10 bits per heavy atom. The van der Waals surface area contributed by atoms with Crippen LogP contribution in [0.15, 0.2) is 35.7 Å². The van der Waals surface area contributed by atoms with Crippen molar-refractivity contribution in [2.45, 2.75) is 38.5 Å². The van der Waals surface area contributed by atoms with Gasteiger partial charge >= 0.3 is 0 Å². The van der Waals surface area contributed by atoms with Crippen LogP contribution in [0.3, 0.4) is 0 Å². The van der Waals surface area contributed by atoms with Crippen LogP contribution < -0.4 is 5.32 Å². The summed E-state index contributed by atoms with van der Waals surface area (Å²) in [6.45, 7) is 2.55. The van der Waals surface area contributed by atoms with Gasteiger partial charge in [-0.2, -0.15) is 0 Å². The summed E-state index contributed by atoms with van der Waals surface area (Å²) in [5.41, 5.74) is 3.43. The van der Waals surface area contributed by atoms with Gasteiger partial charge in [0.15, 0.2) is 0 Å². The Kier molecular flexibility index (Phi) is 3.28. The predicted octanol–water partition coefficient (Wildman–Crippen LogP) is 3.16. The van der Waals surface area contributed by atoms with Gasteiger partial charge in [-0.15, -0.1) is 11.3 Å². The number of carbonyl (C=O) groups excluding carboxylic acids is 1. The lowest BCUT2D eigenvalue weighted by Gasteiger charge is -2.22. The van der Waals surface area contributed by atoms with Crippen LogP contribution in [0.5, 0.6) is 0 Å². The fraction of sp³-hybridized carbons (Fsp3) is 0.353. The normalized spacial score (nSPS) is 16.8. The van der Waals surface area contributed by atoms with Crippen LogP contribution >= 0.6 is 11.3 Å². The molecule has 1 fully saturated rings. The number of hydrogen-bond acceptors (Lipinski definition) is 3. The standard InChI is InChI=1S/C17H18N2OS/c20-17(12-3-4-13-9-18-10-14(13)8-12)19(15-5-6-15)11-16-2-1-7-21-16/h1-4,7-8,15,18H,5-6,9-11H2. The van der Waals surface area contributed by atoms with Crippen molar-refractivity contribution in [3.8, 4) is 0 Å². The smallest absolute Gasteiger partial charge is 0.254 e. The Morgan fingerprint density at radius 1 is 1.24 bits per heavy atom. The third kappa shape index (κ3) is 2.61. The number of amides is 1. The van der Waals surface area contributed by atoms with Crippen LogP contribution in [0.2, 0.25) is 0 Å². The zero-order valence-electron chi connectivity index (χ0n) is 11.8. The van der Waals surface area contributed by atoms with Crippen LogP contribution in [-0.4, -0.2) is 16.8 Å². The molecule has 2 aliphatic rings. The van der Waals surface area contributed by atoms with E-state index in [-0.39, 0.29) is 5.91 Å². The topological polar surface area (TPSA) is 32.3 Å². The maximum absolute atomic E-state index is 12.9. The molecule has 1 N–H and O–H groups in total. The summed E-state index contributed by atoms with van der Waals surface area (Å²) in [5.74, 6) is 0.181. The second-order valence-corrected chi connectivity index (χ2v) is 6.86. The molecule has 1 aliphatic heterocycles. The van der Waals surface area contributed by atoms with E-state index in [1.54, 1.807) is 11.3 Å². The summed E-state index contributed by atoms with van der Waals surface area (Å²) >= 11 is 1.73. The van der Waals surface area contributed by atoms with E-state index >= 15 is 0 Å². The van der Waals surface area contributed by atoms with Crippen molar-refractivity contribution in [2.75, 3.05) is 0 Å². The van der Waals surface area contributed by atoms with Gasteiger partial charge in [0.25, 0.3) is 5.91 Å². The molecule has 0 unspecified atom stereocenters. The summed E-state index contributed by atoms with van der Waals surface area (Å²) in [6.07, 6.45) is 2.28. The maximum atomic E-state index is 12.9. The molecule has 0 bridgehead atoms. The fourth-order valence-corrected chi connectivity index (χ4v) is 3.62. The average Bonchev–Trinajstić information content (AvgIpc) is 3.02. The van der Waals surface area contributed by atoms with E-state index in [0.717, 1.165) is 38.0 Å². The molecule has 1 saturated carbocycles. The van der Waals surface area contributed by atoms with E-state index in [0.29, 0.717) is 6.04 Å². The van der Waals surface area contributed by atoms with Gasteiger partial charge in [0.2, 0.25) is 0 Å². The molecule has 0 saturated heterocycles. The highest BCUT2D eigenvalue weighted by molar-refractivity contribution is 7.09. The third-order valence-electron chi connectivity index (χ3n) is 4.24. The van der Waals surface area contributed by atoms with Crippen molar-refractivity contribution >= 4 is 17.2 Å². The number of hydrogen-bond donors (Lipinski definition) is 1. The first kappa shape index (κ1) is 13.0. The van der Waals surface area contributed by atoms with E-state index in [4.69, 9.17) is 0 Å². The van der Waals surface area contributed by atoms with E-state index in [2.05, 4.69) is 39.9 Å². The van der Waals surface area contributed by atoms with Crippen molar-refractivity contribution in [3.63, 3.8) is 0 Å². The van der Waals surface area contributed by atoms with Crippen molar-refractivity contribution in [1.29, 1.82) is 0 Å². The molecule has 2 heterocycles. The van der Waals surface area contributed by atoms with Gasteiger partial charge in [-0.1, -0.05) is 12.1 Å². The fourth-order valence-electron chi connectivity index (χ4n) is 2.92. The highest BCUT2D eigenvalue weighted by Gasteiger charge is 2.33. The Balaban J connectivity index is 1.59. The minimum Gasteiger partial charge on any atom is -0.331 e. The van der Waals surface area contributed by atoms with Crippen LogP contribution in [-0.2, 0) is 19.6 Å². The minimum atomic E-state index is 0.181. The summed E-state index contributed by atoms with van der Waals surface area (Å²) < 4.78 is 0. The molecule has 0 spiro atoms. The molecule has 0 radical (unpaired) electrons. The van der Waals surface area contributed by atoms with E-state index in [9.17, 15) is 4.79 Å². The van der Waals surface area contributed by atoms with Gasteiger partial charge in [-0.3, -0.25) is 4.79 Å². The summed E-state index contributed by atoms with van der Waals surface area (Å²) in [4.78, 5) is 16.2. The van der Waals surface area contributed by atoms with Gasteiger partial charge in [-0.05, 0) is 47.5 Å². The Morgan fingerprint density at radius 3 is 2.86 bits per heavy atom. The second kappa shape index (κ2) is 5.28. The molecule has 1 aliphatic carbocycles. The predicted molar refractivity (Wildman–Crippen MR) is 84.2 cm³/mol. The highest BCUT2D eigenvalue weighted by Crippen LogP contribution is 2.31. The lowest BCUT2D eigenvalue weighted by Crippen LogP contribution is -2.32. The van der Waals surface area contributed by atoms with Crippen molar-refractivity contribution < 1.29 is 4.79 Å². The molecule has 1 aromatic heterocycles. The quantitative estimate of drug-likeness (QED) is 0.940. The number of benzene rings is 1. The van der Waals surface area contributed by atoms with Crippen molar-refractivity contribution in [1.82, 2.24) is 10.2 Å². The lowest BCUT2D eigenvalue weighted by atomic mass is 10.1. The molecular formula is C17H18N2OS. The van der Waals surface area contributed by atoms with E-state index in [1.807, 2.05) is 6.07 Å².